The van der Waals surface area contributed by atoms with Crippen molar-refractivity contribution >= 4 is 21.6 Å². The lowest BCUT2D eigenvalue weighted by Gasteiger charge is -2.35. The lowest BCUT2D eigenvalue weighted by Crippen LogP contribution is -2.43. The van der Waals surface area contributed by atoms with Crippen LogP contribution in [0.3, 0.4) is 0 Å². The monoisotopic (exact) mass is 333 g/mol. The van der Waals surface area contributed by atoms with Crippen LogP contribution in [0.1, 0.15) is 18.5 Å². The third-order valence-corrected chi connectivity index (χ3v) is 3.56. The van der Waals surface area contributed by atoms with Crippen LogP contribution >= 0.6 is 15.9 Å². The van der Waals surface area contributed by atoms with Crippen molar-refractivity contribution in [1.82, 2.24) is 9.88 Å². The minimum atomic E-state index is -2.60. The smallest absolute Gasteiger partial charge is 0.265 e. The van der Waals surface area contributed by atoms with E-state index in [9.17, 15) is 8.78 Å². The summed E-state index contributed by atoms with van der Waals surface area (Å²) in [7, 11) is 3.88. The zero-order valence-corrected chi connectivity index (χ0v) is 12.8. The maximum atomic E-state index is 13.5. The van der Waals surface area contributed by atoms with Crippen molar-refractivity contribution in [2.45, 2.75) is 25.3 Å². The van der Waals surface area contributed by atoms with Gasteiger partial charge in [0, 0.05) is 19.5 Å². The molecule has 0 bridgehead atoms. The molecule has 6 heteroatoms. The van der Waals surface area contributed by atoms with Crippen LogP contribution in [0.5, 0.6) is 0 Å². The Morgan fingerprint density at radius 2 is 2.16 bits per heavy atom. The van der Waals surface area contributed by atoms with E-state index in [2.05, 4.69) is 20.9 Å². The Morgan fingerprint density at radius 1 is 1.42 bits per heavy atom. The molecular formula is C13H18BrF2N3. The summed E-state index contributed by atoms with van der Waals surface area (Å²) in [6.45, 7) is 1.09. The van der Waals surface area contributed by atoms with Crippen molar-refractivity contribution in [1.29, 1.82) is 0 Å². The van der Waals surface area contributed by atoms with Gasteiger partial charge in [0.2, 0.25) is 0 Å². The lowest BCUT2D eigenvalue weighted by atomic mass is 10.1. The van der Waals surface area contributed by atoms with Crippen LogP contribution < -0.4 is 4.90 Å². The fraction of sp³-hybridized carbons (Fsp3) is 0.615. The molecule has 0 aliphatic carbocycles. The first kappa shape index (κ1) is 14.7. The van der Waals surface area contributed by atoms with Gasteiger partial charge in [-0.15, -0.1) is 0 Å². The molecule has 3 nitrogen and oxygen atoms in total. The molecule has 0 amide bonds. The van der Waals surface area contributed by atoms with Gasteiger partial charge in [-0.3, -0.25) is 0 Å². The van der Waals surface area contributed by atoms with E-state index in [0.29, 0.717) is 19.5 Å². The molecule has 1 aromatic rings. The van der Waals surface area contributed by atoms with Crippen LogP contribution in [0.4, 0.5) is 14.5 Å². The highest BCUT2D eigenvalue weighted by molar-refractivity contribution is 9.10. The Bertz CT molecular complexity index is 452. The Hall–Kier alpha value is -0.750. The Labute approximate surface area is 120 Å². The summed E-state index contributed by atoms with van der Waals surface area (Å²) in [4.78, 5) is 8.16. The third-order valence-electron chi connectivity index (χ3n) is 3.12. The molecule has 0 saturated carbocycles. The second kappa shape index (κ2) is 5.71. The van der Waals surface area contributed by atoms with Crippen LogP contribution in [0.25, 0.3) is 0 Å². The number of hydrogen-bond donors (Lipinski definition) is 0. The molecule has 19 heavy (non-hydrogen) atoms. The van der Waals surface area contributed by atoms with Crippen molar-refractivity contribution in [2.24, 2.45) is 0 Å². The van der Waals surface area contributed by atoms with Crippen molar-refractivity contribution in [3.8, 4) is 0 Å². The number of halogens is 3. The molecule has 1 aliphatic rings. The summed E-state index contributed by atoms with van der Waals surface area (Å²) < 4.78 is 27.8. The van der Waals surface area contributed by atoms with Crippen molar-refractivity contribution in [3.63, 3.8) is 0 Å². The molecule has 0 unspecified atom stereocenters. The zero-order chi connectivity index (χ0) is 14.0. The van der Waals surface area contributed by atoms with Crippen LogP contribution in [-0.2, 0) is 6.54 Å². The molecule has 0 aromatic carbocycles. The lowest BCUT2D eigenvalue weighted by molar-refractivity contribution is -0.0117. The van der Waals surface area contributed by atoms with Gasteiger partial charge in [0.25, 0.3) is 5.92 Å². The van der Waals surface area contributed by atoms with E-state index in [4.69, 9.17) is 0 Å². The molecule has 1 aromatic heterocycles. The fourth-order valence-corrected chi connectivity index (χ4v) is 2.69. The summed E-state index contributed by atoms with van der Waals surface area (Å²) >= 11 is 3.34. The molecule has 0 atom stereocenters. The number of anilines is 1. The zero-order valence-electron chi connectivity index (χ0n) is 11.2. The number of piperidine rings is 1. The molecular weight excluding hydrogens is 316 g/mol. The van der Waals surface area contributed by atoms with E-state index < -0.39 is 5.92 Å². The average molecular weight is 334 g/mol. The van der Waals surface area contributed by atoms with Crippen molar-refractivity contribution in [2.75, 3.05) is 32.1 Å². The van der Waals surface area contributed by atoms with Crippen LogP contribution in [-0.4, -0.2) is 43.0 Å². The normalized spacial score (nSPS) is 18.9. The minimum Gasteiger partial charge on any atom is -0.364 e. The standard InChI is InChI=1S/C13H18BrF2N3/c1-18(2)8-10-11(4-5-12(14)17-10)19-7-3-6-13(15,16)9-19/h4-5H,3,6-9H2,1-2H3. The molecule has 2 rings (SSSR count). The van der Waals surface area contributed by atoms with Crippen LogP contribution in [0.15, 0.2) is 16.7 Å². The van der Waals surface area contributed by atoms with Gasteiger partial charge < -0.3 is 9.80 Å². The summed E-state index contributed by atoms with van der Waals surface area (Å²) in [5.74, 6) is -2.60. The number of aromatic nitrogens is 1. The van der Waals surface area contributed by atoms with Gasteiger partial charge >= 0.3 is 0 Å². The summed E-state index contributed by atoms with van der Waals surface area (Å²) in [6, 6.07) is 3.68. The molecule has 2 heterocycles. The van der Waals surface area contributed by atoms with E-state index in [-0.39, 0.29) is 13.0 Å². The fourth-order valence-electron chi connectivity index (χ4n) is 2.34. The van der Waals surface area contributed by atoms with Gasteiger partial charge in [-0.25, -0.2) is 13.8 Å². The first-order valence-electron chi connectivity index (χ1n) is 6.30. The number of alkyl halides is 2. The highest BCUT2D eigenvalue weighted by Gasteiger charge is 2.35. The highest BCUT2D eigenvalue weighted by atomic mass is 79.9. The molecule has 106 valence electrons. The maximum absolute atomic E-state index is 13.5. The van der Waals surface area contributed by atoms with E-state index in [1.807, 2.05) is 25.1 Å². The number of nitrogens with zero attached hydrogens (tertiary/aromatic N) is 3. The number of pyridine rings is 1. The first-order chi connectivity index (χ1) is 8.87. The molecule has 1 aliphatic heterocycles. The van der Waals surface area contributed by atoms with E-state index in [0.717, 1.165) is 16.0 Å². The van der Waals surface area contributed by atoms with E-state index in [1.54, 1.807) is 11.0 Å². The van der Waals surface area contributed by atoms with Gasteiger partial charge in [0.1, 0.15) is 4.60 Å². The van der Waals surface area contributed by atoms with Gasteiger partial charge in [-0.05, 0) is 48.6 Å². The Balaban J connectivity index is 2.27. The molecule has 1 fully saturated rings. The molecule has 0 spiro atoms. The minimum absolute atomic E-state index is 0.0174. The second-order valence-electron chi connectivity index (χ2n) is 5.22. The summed E-state index contributed by atoms with van der Waals surface area (Å²) in [5.41, 5.74) is 1.65. The van der Waals surface area contributed by atoms with Gasteiger partial charge in [-0.2, -0.15) is 0 Å². The van der Waals surface area contributed by atoms with Gasteiger partial charge in [0.15, 0.2) is 0 Å². The summed E-state index contributed by atoms with van der Waals surface area (Å²) in [5, 5.41) is 0. The third kappa shape index (κ3) is 3.86. The average Bonchev–Trinajstić information content (AvgIpc) is 2.26. The van der Waals surface area contributed by atoms with Gasteiger partial charge in [0.05, 0.1) is 17.9 Å². The summed E-state index contributed by atoms with van der Waals surface area (Å²) in [6.07, 6.45) is 0.501. The largest absolute Gasteiger partial charge is 0.364 e. The van der Waals surface area contributed by atoms with Crippen molar-refractivity contribution in [3.05, 3.63) is 22.4 Å². The van der Waals surface area contributed by atoms with Crippen LogP contribution in [0, 0.1) is 0 Å². The van der Waals surface area contributed by atoms with E-state index >= 15 is 0 Å². The topological polar surface area (TPSA) is 19.4 Å². The van der Waals surface area contributed by atoms with Gasteiger partial charge in [-0.1, -0.05) is 0 Å². The first-order valence-corrected chi connectivity index (χ1v) is 7.10. The van der Waals surface area contributed by atoms with E-state index in [1.165, 1.54) is 0 Å². The molecule has 1 saturated heterocycles. The Morgan fingerprint density at radius 3 is 2.79 bits per heavy atom. The van der Waals surface area contributed by atoms with Crippen molar-refractivity contribution < 1.29 is 8.78 Å². The molecule has 0 radical (unpaired) electrons. The maximum Gasteiger partial charge on any atom is 0.265 e. The highest BCUT2D eigenvalue weighted by Crippen LogP contribution is 2.32. The quantitative estimate of drug-likeness (QED) is 0.792. The number of hydrogen-bond acceptors (Lipinski definition) is 3. The SMILES string of the molecule is CN(C)Cc1nc(Br)ccc1N1CCCC(F)(F)C1. The molecule has 0 N–H and O–H groups in total. The second-order valence-corrected chi connectivity index (χ2v) is 6.03. The predicted octanol–water partition coefficient (Wildman–Crippen LogP) is 3.14. The predicted molar refractivity (Wildman–Crippen MR) is 75.7 cm³/mol. The Kier molecular flexibility index (Phi) is 4.40. The van der Waals surface area contributed by atoms with Crippen LogP contribution in [0.2, 0.25) is 0 Å². The number of rotatable bonds is 3.